The van der Waals surface area contributed by atoms with Crippen LogP contribution in [0.5, 0.6) is 0 Å². The van der Waals surface area contributed by atoms with Gasteiger partial charge in [0.25, 0.3) is 0 Å². The van der Waals surface area contributed by atoms with Crippen LogP contribution in [0.25, 0.3) is 0 Å². The molecule has 0 aliphatic heterocycles. The van der Waals surface area contributed by atoms with Crippen LogP contribution >= 0.6 is 0 Å². The van der Waals surface area contributed by atoms with E-state index in [0.29, 0.717) is 12.8 Å². The SMILES string of the molecule is COC(=O)C[C@]1(C)C(C)=CC(=O)C[C@H]1C. The number of carbonyl (C=O) groups excluding carboxylic acids is 2. The molecule has 84 valence electrons. The van der Waals surface area contributed by atoms with E-state index in [1.54, 1.807) is 6.08 Å². The van der Waals surface area contributed by atoms with Crippen molar-refractivity contribution in [1.82, 2.24) is 0 Å². The molecule has 0 aromatic heterocycles. The molecule has 0 saturated heterocycles. The largest absolute Gasteiger partial charge is 0.469 e. The Labute approximate surface area is 90.5 Å². The summed E-state index contributed by atoms with van der Waals surface area (Å²) in [5, 5.41) is 0. The van der Waals surface area contributed by atoms with Crippen LogP contribution in [-0.2, 0) is 14.3 Å². The van der Waals surface area contributed by atoms with E-state index in [1.807, 2.05) is 20.8 Å². The molecular formula is C12H18O3. The van der Waals surface area contributed by atoms with E-state index in [4.69, 9.17) is 4.74 Å². The first-order valence-electron chi connectivity index (χ1n) is 5.18. The van der Waals surface area contributed by atoms with Crippen molar-refractivity contribution < 1.29 is 14.3 Å². The monoisotopic (exact) mass is 210 g/mol. The molecule has 2 atom stereocenters. The highest BCUT2D eigenvalue weighted by Gasteiger charge is 2.39. The number of ketones is 1. The topological polar surface area (TPSA) is 43.4 Å². The van der Waals surface area contributed by atoms with Gasteiger partial charge < -0.3 is 4.74 Å². The van der Waals surface area contributed by atoms with Gasteiger partial charge in [0.1, 0.15) is 0 Å². The number of rotatable bonds is 2. The Bertz CT molecular complexity index is 317. The number of esters is 1. The van der Waals surface area contributed by atoms with Crippen LogP contribution in [0, 0.1) is 11.3 Å². The van der Waals surface area contributed by atoms with Gasteiger partial charge in [0.05, 0.1) is 13.5 Å². The molecule has 0 bridgehead atoms. The predicted octanol–water partition coefficient (Wildman–Crippen LogP) is 2.11. The van der Waals surface area contributed by atoms with E-state index in [9.17, 15) is 9.59 Å². The zero-order chi connectivity index (χ0) is 11.6. The summed E-state index contributed by atoms with van der Waals surface area (Å²) in [7, 11) is 1.39. The minimum absolute atomic E-state index is 0.155. The molecular weight excluding hydrogens is 192 g/mol. The summed E-state index contributed by atoms with van der Waals surface area (Å²) in [5.41, 5.74) is 0.748. The lowest BCUT2D eigenvalue weighted by atomic mass is 9.65. The maximum absolute atomic E-state index is 11.3. The fourth-order valence-corrected chi connectivity index (χ4v) is 2.07. The maximum Gasteiger partial charge on any atom is 0.306 e. The Hall–Kier alpha value is -1.12. The van der Waals surface area contributed by atoms with Crippen molar-refractivity contribution in [3.05, 3.63) is 11.6 Å². The lowest BCUT2D eigenvalue weighted by Gasteiger charge is -2.38. The van der Waals surface area contributed by atoms with E-state index in [-0.39, 0.29) is 23.1 Å². The molecule has 1 aliphatic carbocycles. The van der Waals surface area contributed by atoms with Crippen LogP contribution < -0.4 is 0 Å². The number of hydrogen-bond donors (Lipinski definition) is 0. The molecule has 0 saturated carbocycles. The predicted molar refractivity (Wildman–Crippen MR) is 57.3 cm³/mol. The van der Waals surface area contributed by atoms with Crippen LogP contribution in [-0.4, -0.2) is 18.9 Å². The van der Waals surface area contributed by atoms with Crippen molar-refractivity contribution in [3.8, 4) is 0 Å². The van der Waals surface area contributed by atoms with Crippen LogP contribution in [0.15, 0.2) is 11.6 Å². The highest BCUT2D eigenvalue weighted by molar-refractivity contribution is 5.92. The standard InChI is InChI=1S/C12H18O3/c1-8-5-10(13)6-9(2)12(8,3)7-11(14)15-4/h5,9H,6-7H2,1-4H3/t9-,12-/m1/s1. The third kappa shape index (κ3) is 2.28. The third-order valence-electron chi connectivity index (χ3n) is 3.61. The molecule has 0 aromatic rings. The Balaban J connectivity index is 2.94. The average Bonchev–Trinajstić information content (AvgIpc) is 2.14. The first kappa shape index (κ1) is 12.0. The van der Waals surface area contributed by atoms with Gasteiger partial charge in [-0.3, -0.25) is 9.59 Å². The zero-order valence-electron chi connectivity index (χ0n) is 9.79. The summed E-state index contributed by atoms with van der Waals surface area (Å²) in [4.78, 5) is 22.7. The Kier molecular flexibility index (Phi) is 3.32. The zero-order valence-corrected chi connectivity index (χ0v) is 9.79. The van der Waals surface area contributed by atoms with Gasteiger partial charge in [-0.2, -0.15) is 0 Å². The third-order valence-corrected chi connectivity index (χ3v) is 3.61. The second-order valence-corrected chi connectivity index (χ2v) is 4.57. The van der Waals surface area contributed by atoms with Gasteiger partial charge in [0.2, 0.25) is 0 Å². The van der Waals surface area contributed by atoms with Crippen molar-refractivity contribution in [2.24, 2.45) is 11.3 Å². The van der Waals surface area contributed by atoms with Gasteiger partial charge in [0.15, 0.2) is 5.78 Å². The molecule has 3 nitrogen and oxygen atoms in total. The molecule has 0 spiro atoms. The molecule has 3 heteroatoms. The number of hydrogen-bond acceptors (Lipinski definition) is 3. The van der Waals surface area contributed by atoms with Crippen LogP contribution in [0.1, 0.15) is 33.6 Å². The molecule has 1 aliphatic rings. The van der Waals surface area contributed by atoms with Crippen molar-refractivity contribution in [2.75, 3.05) is 7.11 Å². The van der Waals surface area contributed by atoms with Crippen molar-refractivity contribution in [1.29, 1.82) is 0 Å². The summed E-state index contributed by atoms with van der Waals surface area (Å²) >= 11 is 0. The minimum atomic E-state index is -0.235. The van der Waals surface area contributed by atoms with E-state index in [2.05, 4.69) is 0 Å². The molecule has 1 rings (SSSR count). The highest BCUT2D eigenvalue weighted by atomic mass is 16.5. The average molecular weight is 210 g/mol. The fourth-order valence-electron chi connectivity index (χ4n) is 2.07. The quantitative estimate of drug-likeness (QED) is 0.656. The minimum Gasteiger partial charge on any atom is -0.469 e. The number of allylic oxidation sites excluding steroid dienone is 2. The van der Waals surface area contributed by atoms with E-state index in [1.165, 1.54) is 7.11 Å². The summed E-state index contributed by atoms with van der Waals surface area (Å²) in [5.74, 6) is 0.128. The van der Waals surface area contributed by atoms with E-state index >= 15 is 0 Å². The number of methoxy groups -OCH3 is 1. The summed E-state index contributed by atoms with van der Waals surface area (Å²) in [6.07, 6.45) is 2.52. The summed E-state index contributed by atoms with van der Waals surface area (Å²) in [6, 6.07) is 0. The van der Waals surface area contributed by atoms with Gasteiger partial charge in [-0.25, -0.2) is 0 Å². The summed E-state index contributed by atoms with van der Waals surface area (Å²) < 4.78 is 4.69. The second kappa shape index (κ2) is 4.17. The van der Waals surface area contributed by atoms with Gasteiger partial charge >= 0.3 is 5.97 Å². The molecule has 15 heavy (non-hydrogen) atoms. The lowest BCUT2D eigenvalue weighted by Crippen LogP contribution is -2.35. The first-order valence-corrected chi connectivity index (χ1v) is 5.18. The molecule has 0 radical (unpaired) electrons. The lowest BCUT2D eigenvalue weighted by molar-refractivity contribution is -0.143. The molecule has 0 aromatic carbocycles. The van der Waals surface area contributed by atoms with Gasteiger partial charge in [-0.1, -0.05) is 19.4 Å². The molecule has 0 heterocycles. The number of carbonyl (C=O) groups is 2. The molecule has 0 N–H and O–H groups in total. The Morgan fingerprint density at radius 3 is 2.73 bits per heavy atom. The Morgan fingerprint density at radius 1 is 1.67 bits per heavy atom. The van der Waals surface area contributed by atoms with Crippen molar-refractivity contribution >= 4 is 11.8 Å². The van der Waals surface area contributed by atoms with Crippen LogP contribution in [0.3, 0.4) is 0 Å². The smallest absolute Gasteiger partial charge is 0.306 e. The van der Waals surface area contributed by atoms with Gasteiger partial charge in [-0.05, 0) is 18.9 Å². The molecule has 0 unspecified atom stereocenters. The van der Waals surface area contributed by atoms with Crippen molar-refractivity contribution in [2.45, 2.75) is 33.6 Å². The van der Waals surface area contributed by atoms with Gasteiger partial charge in [0, 0.05) is 11.8 Å². The summed E-state index contributed by atoms with van der Waals surface area (Å²) in [6.45, 7) is 5.95. The molecule has 0 fully saturated rings. The fraction of sp³-hybridized carbons (Fsp3) is 0.667. The first-order chi connectivity index (χ1) is 6.90. The Morgan fingerprint density at radius 2 is 2.27 bits per heavy atom. The highest BCUT2D eigenvalue weighted by Crippen LogP contribution is 2.43. The van der Waals surface area contributed by atoms with Crippen LogP contribution in [0.2, 0.25) is 0 Å². The van der Waals surface area contributed by atoms with E-state index < -0.39 is 0 Å². The van der Waals surface area contributed by atoms with E-state index in [0.717, 1.165) is 5.57 Å². The van der Waals surface area contributed by atoms with Crippen LogP contribution in [0.4, 0.5) is 0 Å². The normalized spacial score (nSPS) is 31.1. The number of ether oxygens (including phenoxy) is 1. The second-order valence-electron chi connectivity index (χ2n) is 4.57. The van der Waals surface area contributed by atoms with Gasteiger partial charge in [-0.15, -0.1) is 0 Å². The maximum atomic E-state index is 11.3. The molecule has 0 amide bonds. The van der Waals surface area contributed by atoms with Crippen molar-refractivity contribution in [3.63, 3.8) is 0 Å².